The molecule has 6 heteroatoms. The molecule has 1 heterocycles. The monoisotopic (exact) mass is 338 g/mol. The van der Waals surface area contributed by atoms with E-state index in [4.69, 9.17) is 4.74 Å². The molecule has 2 N–H and O–H groups in total. The molecule has 138 valence electrons. The molecule has 1 unspecified atom stereocenters. The predicted octanol–water partition coefficient (Wildman–Crippen LogP) is 1.76. The Morgan fingerprint density at radius 3 is 2.67 bits per heavy atom. The number of nitrogens with zero attached hydrogens (tertiary/aromatic N) is 2. The van der Waals surface area contributed by atoms with Gasteiger partial charge in [0.25, 0.3) is 0 Å². The predicted molar refractivity (Wildman–Crippen MR) is 97.1 cm³/mol. The number of ether oxygens (including phenoxy) is 1. The van der Waals surface area contributed by atoms with Crippen LogP contribution in [-0.4, -0.2) is 62.2 Å². The Morgan fingerprint density at radius 1 is 1.33 bits per heavy atom. The number of carbonyl (C=O) groups excluding carboxylic acids is 1. The number of nitrogens with one attached hydrogen (secondary N) is 2. The van der Waals surface area contributed by atoms with Crippen molar-refractivity contribution in [3.8, 4) is 0 Å². The molecule has 6 nitrogen and oxygen atoms in total. The summed E-state index contributed by atoms with van der Waals surface area (Å²) in [7, 11) is 3.52. The van der Waals surface area contributed by atoms with E-state index in [9.17, 15) is 4.79 Å². The van der Waals surface area contributed by atoms with Gasteiger partial charge in [-0.15, -0.1) is 0 Å². The van der Waals surface area contributed by atoms with Gasteiger partial charge in [-0.1, -0.05) is 26.7 Å². The highest BCUT2D eigenvalue weighted by atomic mass is 16.5. The standard InChI is InChI=1S/C18H34N4O2/c1-14(2)12-19-17(20-13-16(23)22(3)4)21-15-7-10-24-18(11-15)8-5-6-9-18/h14-15H,5-13H2,1-4H3,(H2,19,20,21). The van der Waals surface area contributed by atoms with Gasteiger partial charge in [0.2, 0.25) is 5.91 Å². The number of aliphatic imine (C=N–C) groups is 1. The zero-order chi connectivity index (χ0) is 17.6. The fourth-order valence-electron chi connectivity index (χ4n) is 3.45. The Labute approximate surface area is 146 Å². The van der Waals surface area contributed by atoms with E-state index in [0.29, 0.717) is 12.0 Å². The van der Waals surface area contributed by atoms with Gasteiger partial charge in [-0.05, 0) is 31.6 Å². The molecule has 0 radical (unpaired) electrons. The van der Waals surface area contributed by atoms with E-state index in [1.54, 1.807) is 19.0 Å². The molecule has 1 aliphatic heterocycles. The van der Waals surface area contributed by atoms with Crippen LogP contribution < -0.4 is 10.6 Å². The van der Waals surface area contributed by atoms with Gasteiger partial charge in [0.15, 0.2) is 5.96 Å². The van der Waals surface area contributed by atoms with Crippen molar-refractivity contribution in [1.29, 1.82) is 0 Å². The van der Waals surface area contributed by atoms with Crippen LogP contribution in [0.5, 0.6) is 0 Å². The smallest absolute Gasteiger partial charge is 0.243 e. The van der Waals surface area contributed by atoms with Crippen molar-refractivity contribution in [1.82, 2.24) is 15.5 Å². The maximum Gasteiger partial charge on any atom is 0.243 e. The SMILES string of the molecule is CC(C)CNC(=NCC(=O)N(C)C)NC1CCOC2(CCCC2)C1. The molecule has 1 atom stereocenters. The average Bonchev–Trinajstić information content (AvgIpc) is 2.97. The second-order valence-corrected chi connectivity index (χ2v) is 7.80. The minimum atomic E-state index is 0.0138. The van der Waals surface area contributed by atoms with Crippen LogP contribution in [-0.2, 0) is 9.53 Å². The lowest BCUT2D eigenvalue weighted by atomic mass is 9.89. The van der Waals surface area contributed by atoms with Gasteiger partial charge in [-0.25, -0.2) is 4.99 Å². The van der Waals surface area contributed by atoms with Crippen LogP contribution in [0.2, 0.25) is 0 Å². The summed E-state index contributed by atoms with van der Waals surface area (Å²) in [5.41, 5.74) is 0.0819. The molecule has 1 saturated heterocycles. The second-order valence-electron chi connectivity index (χ2n) is 7.80. The van der Waals surface area contributed by atoms with E-state index < -0.39 is 0 Å². The van der Waals surface area contributed by atoms with Gasteiger partial charge < -0.3 is 20.3 Å². The molecule has 1 saturated carbocycles. The van der Waals surface area contributed by atoms with Crippen molar-refractivity contribution in [2.45, 2.75) is 64.0 Å². The van der Waals surface area contributed by atoms with Gasteiger partial charge in [0, 0.05) is 33.3 Å². The normalized spacial score (nSPS) is 23.5. The van der Waals surface area contributed by atoms with Crippen LogP contribution in [0, 0.1) is 5.92 Å². The topological polar surface area (TPSA) is 66.0 Å². The number of guanidine groups is 1. The molecular formula is C18H34N4O2. The molecular weight excluding hydrogens is 304 g/mol. The van der Waals surface area contributed by atoms with E-state index in [0.717, 1.165) is 32.0 Å². The van der Waals surface area contributed by atoms with Crippen molar-refractivity contribution in [2.24, 2.45) is 10.9 Å². The first-order chi connectivity index (χ1) is 11.4. The van der Waals surface area contributed by atoms with Crippen LogP contribution in [0.3, 0.4) is 0 Å². The highest BCUT2D eigenvalue weighted by Gasteiger charge is 2.40. The van der Waals surface area contributed by atoms with Gasteiger partial charge in [-0.3, -0.25) is 4.79 Å². The minimum absolute atomic E-state index is 0.0138. The minimum Gasteiger partial charge on any atom is -0.375 e. The van der Waals surface area contributed by atoms with Gasteiger partial charge in [0.1, 0.15) is 6.54 Å². The first-order valence-electron chi connectivity index (χ1n) is 9.29. The summed E-state index contributed by atoms with van der Waals surface area (Å²) in [5.74, 6) is 1.29. The van der Waals surface area contributed by atoms with Gasteiger partial charge in [-0.2, -0.15) is 0 Å². The largest absolute Gasteiger partial charge is 0.375 e. The lowest BCUT2D eigenvalue weighted by Gasteiger charge is -2.39. The van der Waals surface area contributed by atoms with E-state index in [1.807, 2.05) is 0 Å². The van der Waals surface area contributed by atoms with Crippen molar-refractivity contribution in [2.75, 3.05) is 33.8 Å². The number of carbonyl (C=O) groups is 1. The second kappa shape index (κ2) is 8.70. The third kappa shape index (κ3) is 5.65. The third-order valence-corrected chi connectivity index (χ3v) is 4.90. The summed E-state index contributed by atoms with van der Waals surface area (Å²) in [6.07, 6.45) is 6.93. The first kappa shape index (κ1) is 19.0. The van der Waals surface area contributed by atoms with Crippen molar-refractivity contribution in [3.63, 3.8) is 0 Å². The Hall–Kier alpha value is -1.30. The summed E-state index contributed by atoms with van der Waals surface area (Å²) in [6, 6.07) is 0.365. The average molecular weight is 338 g/mol. The quantitative estimate of drug-likeness (QED) is 0.592. The molecule has 24 heavy (non-hydrogen) atoms. The van der Waals surface area contributed by atoms with Crippen molar-refractivity contribution < 1.29 is 9.53 Å². The molecule has 0 aromatic carbocycles. The molecule has 1 spiro atoms. The summed E-state index contributed by atoms with van der Waals surface area (Å²) >= 11 is 0. The molecule has 1 aliphatic carbocycles. The number of rotatable bonds is 5. The highest BCUT2D eigenvalue weighted by Crippen LogP contribution is 2.39. The maximum atomic E-state index is 11.8. The van der Waals surface area contributed by atoms with Crippen molar-refractivity contribution in [3.05, 3.63) is 0 Å². The maximum absolute atomic E-state index is 11.8. The van der Waals surface area contributed by atoms with Gasteiger partial charge in [0.05, 0.1) is 5.60 Å². The molecule has 0 bridgehead atoms. The Balaban J connectivity index is 1.95. The number of hydrogen-bond acceptors (Lipinski definition) is 3. The molecule has 2 fully saturated rings. The van der Waals surface area contributed by atoms with Crippen LogP contribution >= 0.6 is 0 Å². The zero-order valence-corrected chi connectivity index (χ0v) is 15.7. The zero-order valence-electron chi connectivity index (χ0n) is 15.7. The Morgan fingerprint density at radius 2 is 2.04 bits per heavy atom. The summed E-state index contributed by atoms with van der Waals surface area (Å²) in [5, 5.41) is 6.91. The van der Waals surface area contributed by atoms with E-state index in [-0.39, 0.29) is 18.1 Å². The first-order valence-corrected chi connectivity index (χ1v) is 9.29. The fourth-order valence-corrected chi connectivity index (χ4v) is 3.45. The Kier molecular flexibility index (Phi) is 6.90. The van der Waals surface area contributed by atoms with E-state index in [1.165, 1.54) is 25.7 Å². The van der Waals surface area contributed by atoms with Crippen LogP contribution in [0.15, 0.2) is 4.99 Å². The van der Waals surface area contributed by atoms with E-state index >= 15 is 0 Å². The van der Waals surface area contributed by atoms with Crippen molar-refractivity contribution >= 4 is 11.9 Å². The fraction of sp³-hybridized carbons (Fsp3) is 0.889. The lowest BCUT2D eigenvalue weighted by molar-refractivity contribution is -0.127. The Bertz CT molecular complexity index is 442. The third-order valence-electron chi connectivity index (χ3n) is 4.90. The van der Waals surface area contributed by atoms with Crippen LogP contribution in [0.25, 0.3) is 0 Å². The molecule has 1 amide bonds. The molecule has 0 aromatic heterocycles. The highest BCUT2D eigenvalue weighted by molar-refractivity contribution is 5.84. The number of likely N-dealkylation sites (N-methyl/N-ethyl adjacent to an activating group) is 1. The summed E-state index contributed by atoms with van der Waals surface area (Å²) in [6.45, 7) is 6.16. The molecule has 0 aromatic rings. The molecule has 2 aliphatic rings. The van der Waals surface area contributed by atoms with Crippen LogP contribution in [0.1, 0.15) is 52.4 Å². The number of hydrogen-bond donors (Lipinski definition) is 2. The number of amides is 1. The van der Waals surface area contributed by atoms with Crippen LogP contribution in [0.4, 0.5) is 0 Å². The summed E-state index contributed by atoms with van der Waals surface area (Å²) in [4.78, 5) is 17.9. The molecule has 2 rings (SSSR count). The van der Waals surface area contributed by atoms with E-state index in [2.05, 4.69) is 29.5 Å². The summed E-state index contributed by atoms with van der Waals surface area (Å²) < 4.78 is 6.11. The van der Waals surface area contributed by atoms with Gasteiger partial charge >= 0.3 is 0 Å². The lowest BCUT2D eigenvalue weighted by Crippen LogP contribution is -2.51.